The van der Waals surface area contributed by atoms with Crippen LogP contribution in [0.15, 0.2) is 0 Å². The molecule has 0 bridgehead atoms. The fraction of sp³-hybridized carbons (Fsp3) is 1.00. The average Bonchev–Trinajstić information content (AvgIpc) is 2.54. The van der Waals surface area contributed by atoms with Crippen LogP contribution in [0.2, 0.25) is 0 Å². The minimum absolute atomic E-state index is 0.915. The minimum atomic E-state index is 0.915. The number of hydrogen-bond donors (Lipinski definition) is 1. The second-order valence-corrected chi connectivity index (χ2v) is 10.8. The fourth-order valence-corrected chi connectivity index (χ4v) is 7.82. The van der Waals surface area contributed by atoms with Crippen molar-refractivity contribution >= 4 is 46.0 Å². The second-order valence-electron chi connectivity index (χ2n) is 6.98. The van der Waals surface area contributed by atoms with Crippen molar-refractivity contribution in [2.45, 2.75) is 51.4 Å². The zero-order valence-electron chi connectivity index (χ0n) is 13.5. The van der Waals surface area contributed by atoms with Crippen LogP contribution in [-0.2, 0) is 0 Å². The van der Waals surface area contributed by atoms with Crippen LogP contribution in [0.5, 0.6) is 0 Å². The van der Waals surface area contributed by atoms with Gasteiger partial charge >= 0.3 is 0 Å². The highest BCUT2D eigenvalue weighted by Gasteiger charge is 2.22. The van der Waals surface area contributed by atoms with Gasteiger partial charge in [0, 0.05) is 11.5 Å². The molecule has 2 aliphatic carbocycles. The van der Waals surface area contributed by atoms with Crippen LogP contribution in [0.3, 0.4) is 0 Å². The van der Waals surface area contributed by atoms with E-state index in [1.165, 1.54) is 68.6 Å². The first-order chi connectivity index (χ1) is 10.3. The molecule has 2 saturated carbocycles. The summed E-state index contributed by atoms with van der Waals surface area (Å²) in [6.07, 6.45) is 14.0. The SMILES string of the molecule is CSCC1CCC(CSSCC2CCC(CS)CC2)CC1. The van der Waals surface area contributed by atoms with Crippen LogP contribution >= 0.6 is 46.0 Å². The summed E-state index contributed by atoms with van der Waals surface area (Å²) in [5.74, 6) is 9.25. The van der Waals surface area contributed by atoms with Crippen molar-refractivity contribution < 1.29 is 0 Å². The Bertz CT molecular complexity index is 256. The van der Waals surface area contributed by atoms with Crippen LogP contribution in [0.1, 0.15) is 51.4 Å². The van der Waals surface area contributed by atoms with Crippen molar-refractivity contribution in [3.05, 3.63) is 0 Å². The molecular formula is C17H32S4. The van der Waals surface area contributed by atoms with Gasteiger partial charge in [-0.1, -0.05) is 21.6 Å². The summed E-state index contributed by atoms with van der Waals surface area (Å²) in [6.45, 7) is 0. The molecule has 2 fully saturated rings. The lowest BCUT2D eigenvalue weighted by Gasteiger charge is -2.28. The van der Waals surface area contributed by atoms with E-state index < -0.39 is 0 Å². The lowest BCUT2D eigenvalue weighted by molar-refractivity contribution is 0.315. The number of thioether (sulfide) groups is 1. The van der Waals surface area contributed by atoms with Crippen LogP contribution in [0.4, 0.5) is 0 Å². The summed E-state index contributed by atoms with van der Waals surface area (Å²) in [7, 11) is 4.34. The predicted molar refractivity (Wildman–Crippen MR) is 108 cm³/mol. The first kappa shape index (κ1) is 18.7. The van der Waals surface area contributed by atoms with E-state index in [4.69, 9.17) is 0 Å². The molecule has 0 spiro atoms. The Morgan fingerprint density at radius 2 is 1.05 bits per heavy atom. The van der Waals surface area contributed by atoms with E-state index in [1.807, 2.05) is 11.8 Å². The molecule has 0 unspecified atom stereocenters. The van der Waals surface area contributed by atoms with Gasteiger partial charge in [-0.2, -0.15) is 24.4 Å². The highest BCUT2D eigenvalue weighted by Crippen LogP contribution is 2.38. The monoisotopic (exact) mass is 364 g/mol. The zero-order chi connectivity index (χ0) is 14.9. The van der Waals surface area contributed by atoms with Gasteiger partial charge in [0.25, 0.3) is 0 Å². The maximum atomic E-state index is 4.45. The Morgan fingerprint density at radius 3 is 1.43 bits per heavy atom. The van der Waals surface area contributed by atoms with Crippen molar-refractivity contribution in [1.82, 2.24) is 0 Å². The van der Waals surface area contributed by atoms with E-state index >= 15 is 0 Å². The molecule has 0 aromatic carbocycles. The summed E-state index contributed by atoms with van der Waals surface area (Å²) >= 11 is 6.48. The van der Waals surface area contributed by atoms with E-state index in [0.717, 1.165) is 29.4 Å². The molecule has 124 valence electrons. The van der Waals surface area contributed by atoms with Gasteiger partial charge in [0.15, 0.2) is 0 Å². The Kier molecular flexibility index (Phi) is 9.85. The highest BCUT2D eigenvalue weighted by molar-refractivity contribution is 8.76. The maximum absolute atomic E-state index is 4.45. The lowest BCUT2D eigenvalue weighted by atomic mass is 9.84. The fourth-order valence-electron chi connectivity index (χ4n) is 3.67. The van der Waals surface area contributed by atoms with Gasteiger partial charge in [0.1, 0.15) is 0 Å². The number of hydrogen-bond acceptors (Lipinski definition) is 4. The normalized spacial score (nSPS) is 34.0. The molecule has 0 aliphatic heterocycles. The quantitative estimate of drug-likeness (QED) is 0.306. The molecule has 2 rings (SSSR count). The van der Waals surface area contributed by atoms with Gasteiger partial charge in [-0.3, -0.25) is 0 Å². The first-order valence-electron chi connectivity index (χ1n) is 8.66. The summed E-state index contributed by atoms with van der Waals surface area (Å²) in [6, 6.07) is 0. The third kappa shape index (κ3) is 7.22. The van der Waals surface area contributed by atoms with Gasteiger partial charge < -0.3 is 0 Å². The van der Waals surface area contributed by atoms with Gasteiger partial charge in [0.05, 0.1) is 0 Å². The van der Waals surface area contributed by atoms with E-state index in [-0.39, 0.29) is 0 Å². The van der Waals surface area contributed by atoms with Crippen LogP contribution in [0.25, 0.3) is 0 Å². The molecule has 0 atom stereocenters. The summed E-state index contributed by atoms with van der Waals surface area (Å²) in [4.78, 5) is 0. The molecule has 0 nitrogen and oxygen atoms in total. The summed E-state index contributed by atoms with van der Waals surface area (Å²) in [5.41, 5.74) is 0. The third-order valence-corrected chi connectivity index (χ3v) is 9.30. The van der Waals surface area contributed by atoms with Crippen LogP contribution in [-0.4, -0.2) is 29.3 Å². The molecule has 21 heavy (non-hydrogen) atoms. The Hall–Kier alpha value is 1.40. The Balaban J connectivity index is 1.47. The van der Waals surface area contributed by atoms with Crippen LogP contribution in [0, 0.1) is 23.7 Å². The summed E-state index contributed by atoms with van der Waals surface area (Å²) < 4.78 is 0. The average molecular weight is 365 g/mol. The lowest BCUT2D eigenvalue weighted by Crippen LogP contribution is -2.18. The molecule has 0 amide bonds. The molecular weight excluding hydrogens is 332 g/mol. The number of thiol groups is 1. The van der Waals surface area contributed by atoms with Gasteiger partial charge in [-0.25, -0.2) is 0 Å². The Labute approximate surface area is 149 Å². The van der Waals surface area contributed by atoms with Crippen molar-refractivity contribution in [2.24, 2.45) is 23.7 Å². The molecule has 2 aliphatic rings. The molecule has 4 heteroatoms. The largest absolute Gasteiger partial charge is 0.179 e. The Morgan fingerprint density at radius 1 is 0.667 bits per heavy atom. The van der Waals surface area contributed by atoms with E-state index in [0.29, 0.717) is 0 Å². The van der Waals surface area contributed by atoms with E-state index in [1.54, 1.807) is 0 Å². The molecule has 0 N–H and O–H groups in total. The number of rotatable bonds is 8. The zero-order valence-corrected chi connectivity index (χ0v) is 16.8. The molecule has 0 radical (unpaired) electrons. The molecule has 0 aromatic rings. The van der Waals surface area contributed by atoms with Crippen molar-refractivity contribution in [2.75, 3.05) is 29.3 Å². The standard InChI is InChI=1S/C17H32S4/c1-19-11-15-6-8-17(9-7-15)13-21-20-12-16-4-2-14(10-18)3-5-16/h14-18H,2-13H2,1H3. The summed E-state index contributed by atoms with van der Waals surface area (Å²) in [5, 5.41) is 0. The van der Waals surface area contributed by atoms with E-state index in [2.05, 4.69) is 40.5 Å². The third-order valence-electron chi connectivity index (χ3n) is 5.28. The second kappa shape index (κ2) is 11.0. The van der Waals surface area contributed by atoms with Gasteiger partial charge in [-0.05, 0) is 92.8 Å². The van der Waals surface area contributed by atoms with E-state index in [9.17, 15) is 0 Å². The van der Waals surface area contributed by atoms with Crippen molar-refractivity contribution in [3.8, 4) is 0 Å². The minimum Gasteiger partial charge on any atom is -0.179 e. The van der Waals surface area contributed by atoms with Gasteiger partial charge in [-0.15, -0.1) is 0 Å². The van der Waals surface area contributed by atoms with Crippen molar-refractivity contribution in [1.29, 1.82) is 0 Å². The topological polar surface area (TPSA) is 0 Å². The molecule has 0 heterocycles. The smallest absolute Gasteiger partial charge is 0.00653 e. The highest BCUT2D eigenvalue weighted by atomic mass is 33.1. The molecule has 0 aromatic heterocycles. The first-order valence-corrected chi connectivity index (χ1v) is 13.2. The van der Waals surface area contributed by atoms with Crippen LogP contribution < -0.4 is 0 Å². The molecule has 0 saturated heterocycles. The maximum Gasteiger partial charge on any atom is 0.00653 e. The van der Waals surface area contributed by atoms with Gasteiger partial charge in [0.2, 0.25) is 0 Å². The van der Waals surface area contributed by atoms with Crippen molar-refractivity contribution in [3.63, 3.8) is 0 Å². The predicted octanol–water partition coefficient (Wildman–Crippen LogP) is 6.27.